The molecule has 3 N–H and O–H groups in total. The number of rotatable bonds is 11. The first-order chi connectivity index (χ1) is 22.7. The highest BCUT2D eigenvalue weighted by atomic mass is 35.5. The zero-order chi connectivity index (χ0) is 33.2. The van der Waals surface area contributed by atoms with E-state index in [1.807, 2.05) is 39.0 Å². The van der Waals surface area contributed by atoms with Crippen LogP contribution in [0.25, 0.3) is 21.7 Å². The topological polar surface area (TPSA) is 126 Å². The average molecular weight is 657 g/mol. The van der Waals surface area contributed by atoms with Crippen molar-refractivity contribution in [1.29, 1.82) is 0 Å². The second-order valence-electron chi connectivity index (χ2n) is 11.9. The Labute approximate surface area is 277 Å². The van der Waals surface area contributed by atoms with E-state index in [1.54, 1.807) is 60.7 Å². The van der Waals surface area contributed by atoms with Crippen LogP contribution in [0.4, 0.5) is 11.5 Å². The minimum atomic E-state index is -0.322. The number of amides is 2. The van der Waals surface area contributed by atoms with Gasteiger partial charge in [0, 0.05) is 52.6 Å². The number of hydrogen-bond acceptors (Lipinski definition) is 7. The first-order valence-electron chi connectivity index (χ1n) is 15.6. The lowest BCUT2D eigenvalue weighted by atomic mass is 9.94. The summed E-state index contributed by atoms with van der Waals surface area (Å²) in [7, 11) is 1.58. The Balaban J connectivity index is 1.17. The summed E-state index contributed by atoms with van der Waals surface area (Å²) < 4.78 is 17.1. The second-order valence-corrected chi connectivity index (χ2v) is 12.2. The maximum absolute atomic E-state index is 13.9. The van der Waals surface area contributed by atoms with Gasteiger partial charge in [0.15, 0.2) is 0 Å². The summed E-state index contributed by atoms with van der Waals surface area (Å²) in [5, 5.41) is 15.8. The number of phenolic OH excluding ortho intramolecular Hbond substituents is 1. The molecule has 2 atom stereocenters. The number of ether oxygens (including phenoxy) is 3. The number of halogens is 1. The Kier molecular flexibility index (Phi) is 9.24. The molecule has 6 rings (SSSR count). The smallest absolute Gasteiger partial charge is 0.274 e. The molecule has 5 aromatic rings. The molecular formula is C36H37ClN4O6. The fraction of sp³-hybridized carbons (Fsp3) is 0.306. The number of H-pyrrole nitrogens is 1. The molecular weight excluding hydrogens is 620 g/mol. The molecule has 0 saturated heterocycles. The number of pyridine rings is 1. The summed E-state index contributed by atoms with van der Waals surface area (Å²) in [5.74, 6) is 1.20. The van der Waals surface area contributed by atoms with Gasteiger partial charge in [-0.2, -0.15) is 0 Å². The van der Waals surface area contributed by atoms with Crippen LogP contribution in [0.5, 0.6) is 17.2 Å². The van der Waals surface area contributed by atoms with Gasteiger partial charge in [-0.3, -0.25) is 9.59 Å². The summed E-state index contributed by atoms with van der Waals surface area (Å²) in [6.07, 6.45) is 2.49. The number of methoxy groups -OCH3 is 1. The number of aromatic hydroxyl groups is 1. The molecule has 2 amide bonds. The van der Waals surface area contributed by atoms with E-state index in [2.05, 4.69) is 15.3 Å². The lowest BCUT2D eigenvalue weighted by Gasteiger charge is -2.18. The van der Waals surface area contributed by atoms with E-state index in [0.29, 0.717) is 63.7 Å². The van der Waals surface area contributed by atoms with Gasteiger partial charge >= 0.3 is 0 Å². The van der Waals surface area contributed by atoms with E-state index in [0.717, 1.165) is 17.4 Å². The van der Waals surface area contributed by atoms with Crippen LogP contribution in [0.1, 0.15) is 59.5 Å². The maximum atomic E-state index is 13.9. The molecule has 2 aromatic heterocycles. The molecule has 0 spiro atoms. The quantitative estimate of drug-likeness (QED) is 0.128. The fourth-order valence-corrected chi connectivity index (χ4v) is 6.22. The molecule has 0 radical (unpaired) electrons. The number of fused-ring (bicyclic) bond motifs is 4. The van der Waals surface area contributed by atoms with Crippen molar-refractivity contribution in [1.82, 2.24) is 9.97 Å². The highest BCUT2D eigenvalue weighted by Crippen LogP contribution is 2.48. The number of anilines is 2. The zero-order valence-electron chi connectivity index (χ0n) is 26.7. The van der Waals surface area contributed by atoms with Crippen LogP contribution in [0.2, 0.25) is 0 Å². The number of carbonyl (C=O) groups excluding carboxylic acids is 2. The van der Waals surface area contributed by atoms with Crippen molar-refractivity contribution in [2.45, 2.75) is 45.3 Å². The van der Waals surface area contributed by atoms with Crippen LogP contribution in [0, 0.1) is 0 Å². The summed E-state index contributed by atoms with van der Waals surface area (Å²) in [6.45, 7) is 6.94. The minimum absolute atomic E-state index is 0.0278. The van der Waals surface area contributed by atoms with Gasteiger partial charge in [0.2, 0.25) is 0 Å². The van der Waals surface area contributed by atoms with Crippen LogP contribution in [-0.4, -0.2) is 65.2 Å². The third kappa shape index (κ3) is 6.57. The first-order valence-corrected chi connectivity index (χ1v) is 16.1. The molecule has 10 nitrogen and oxygen atoms in total. The Morgan fingerprint density at radius 3 is 2.64 bits per heavy atom. The molecule has 244 valence electrons. The number of alkyl halides is 1. The molecule has 0 aliphatic carbocycles. The lowest BCUT2D eigenvalue weighted by Crippen LogP contribution is -2.30. The van der Waals surface area contributed by atoms with Crippen molar-refractivity contribution in [2.24, 2.45) is 0 Å². The molecule has 1 aliphatic rings. The third-order valence-corrected chi connectivity index (χ3v) is 8.65. The minimum Gasteiger partial charge on any atom is -0.507 e. The predicted octanol–water partition coefficient (Wildman–Crippen LogP) is 7.25. The molecule has 1 aliphatic heterocycles. The van der Waals surface area contributed by atoms with Crippen LogP contribution in [0.15, 0.2) is 66.9 Å². The van der Waals surface area contributed by atoms with Crippen molar-refractivity contribution >= 4 is 56.6 Å². The summed E-state index contributed by atoms with van der Waals surface area (Å²) >= 11 is 6.41. The number of phenols is 1. The van der Waals surface area contributed by atoms with E-state index in [1.165, 1.54) is 0 Å². The van der Waals surface area contributed by atoms with Crippen molar-refractivity contribution in [3.63, 3.8) is 0 Å². The third-order valence-electron chi connectivity index (χ3n) is 8.28. The largest absolute Gasteiger partial charge is 0.507 e. The number of aromatic nitrogens is 2. The highest BCUT2D eigenvalue weighted by molar-refractivity contribution is 6.19. The monoisotopic (exact) mass is 656 g/mol. The SMILES string of the molecule is COc1cccc2c(O)cc3c(c12)C(CCl)CN3C(=O)c1cc2cc(NC(=O)c3ccc(OC(C)CCOC(C)C)cc3)ncc2[nH]1. The number of nitrogens with one attached hydrogen (secondary N) is 2. The van der Waals surface area contributed by atoms with Gasteiger partial charge in [-0.1, -0.05) is 12.1 Å². The van der Waals surface area contributed by atoms with E-state index in [9.17, 15) is 14.7 Å². The normalized spacial score (nSPS) is 14.9. The van der Waals surface area contributed by atoms with Crippen molar-refractivity contribution in [3.05, 3.63) is 83.7 Å². The Bertz CT molecular complexity index is 1940. The second kappa shape index (κ2) is 13.5. The number of aromatic amines is 1. The van der Waals surface area contributed by atoms with Crippen molar-refractivity contribution in [2.75, 3.05) is 36.4 Å². The number of hydrogen-bond donors (Lipinski definition) is 3. The number of carbonyl (C=O) groups is 2. The molecule has 0 fully saturated rings. The number of benzene rings is 3. The molecule has 3 aromatic carbocycles. The van der Waals surface area contributed by atoms with Gasteiger partial charge in [0.25, 0.3) is 11.8 Å². The Morgan fingerprint density at radius 2 is 1.91 bits per heavy atom. The maximum Gasteiger partial charge on any atom is 0.274 e. The van der Waals surface area contributed by atoms with Crippen LogP contribution in [0.3, 0.4) is 0 Å². The summed E-state index contributed by atoms with van der Waals surface area (Å²) in [4.78, 5) is 36.1. The lowest BCUT2D eigenvalue weighted by molar-refractivity contribution is 0.0563. The standard InChI is InChI=1S/C36H37ClN4O6/c1-20(2)46-13-12-21(3)47-25-10-8-22(9-11-25)35(43)40-32-15-23-14-27(39-28(23)18-38-32)36(44)41-19-24(17-37)33-29(41)16-30(42)26-6-5-7-31(45-4)34(26)33/h5-11,14-16,18,20-21,24,39,42H,12-13,17,19H2,1-4H3,(H,38,40,43). The molecule has 47 heavy (non-hydrogen) atoms. The molecule has 0 bridgehead atoms. The molecule has 0 saturated carbocycles. The van der Waals surface area contributed by atoms with Gasteiger partial charge < -0.3 is 34.5 Å². The average Bonchev–Trinajstić information content (AvgIpc) is 3.65. The Hall–Kier alpha value is -4.80. The Morgan fingerprint density at radius 1 is 1.13 bits per heavy atom. The fourth-order valence-electron chi connectivity index (χ4n) is 5.97. The van der Waals surface area contributed by atoms with Gasteiger partial charge in [-0.05, 0) is 68.8 Å². The van der Waals surface area contributed by atoms with Crippen LogP contribution < -0.4 is 19.7 Å². The first kappa shape index (κ1) is 32.2. The predicted molar refractivity (Wildman–Crippen MR) is 184 cm³/mol. The zero-order valence-corrected chi connectivity index (χ0v) is 27.4. The van der Waals surface area contributed by atoms with E-state index in [-0.39, 0.29) is 41.6 Å². The number of nitrogens with zero attached hydrogens (tertiary/aromatic N) is 2. The van der Waals surface area contributed by atoms with E-state index < -0.39 is 0 Å². The van der Waals surface area contributed by atoms with Gasteiger partial charge in [-0.15, -0.1) is 11.6 Å². The van der Waals surface area contributed by atoms with E-state index in [4.69, 9.17) is 25.8 Å². The summed E-state index contributed by atoms with van der Waals surface area (Å²) in [5.41, 5.74) is 2.88. The van der Waals surface area contributed by atoms with E-state index >= 15 is 0 Å². The van der Waals surface area contributed by atoms with Crippen LogP contribution >= 0.6 is 11.6 Å². The van der Waals surface area contributed by atoms with Gasteiger partial charge in [0.1, 0.15) is 28.8 Å². The molecule has 3 heterocycles. The van der Waals surface area contributed by atoms with Crippen molar-refractivity contribution in [3.8, 4) is 17.2 Å². The molecule has 11 heteroatoms. The van der Waals surface area contributed by atoms with Crippen LogP contribution in [-0.2, 0) is 4.74 Å². The highest BCUT2D eigenvalue weighted by Gasteiger charge is 2.36. The van der Waals surface area contributed by atoms with Gasteiger partial charge in [0.05, 0.1) is 43.3 Å². The molecule has 2 unspecified atom stereocenters. The summed E-state index contributed by atoms with van der Waals surface area (Å²) in [6, 6.07) is 17.4. The van der Waals surface area contributed by atoms with Crippen molar-refractivity contribution < 1.29 is 28.9 Å². The van der Waals surface area contributed by atoms with Gasteiger partial charge in [-0.25, -0.2) is 4.98 Å².